The normalized spacial score (nSPS) is 26.2. The van der Waals surface area contributed by atoms with Crippen LogP contribution in [0.25, 0.3) is 0 Å². The van der Waals surface area contributed by atoms with Gasteiger partial charge < -0.3 is 119 Å². The maximum atomic E-state index is 13.4. The summed E-state index contributed by atoms with van der Waals surface area (Å²) in [5.41, 5.74) is -4.02. The molecule has 818 valence electrons. The molecule has 0 saturated heterocycles. The van der Waals surface area contributed by atoms with E-state index in [1.165, 1.54) is 0 Å². The van der Waals surface area contributed by atoms with Gasteiger partial charge in [0.15, 0.2) is 0 Å². The van der Waals surface area contributed by atoms with Gasteiger partial charge in [-0.05, 0) is 125 Å². The Labute approximate surface area is 866 Å². The molecule has 131 heavy (non-hydrogen) atoms. The van der Waals surface area contributed by atoms with Crippen LogP contribution in [0.4, 0.5) is 171 Å². The molecule has 0 aromatic heterocycles. The minimum atomic E-state index is -6.14. The molecule has 0 aromatic rings. The van der Waals surface area contributed by atoms with Crippen molar-refractivity contribution in [2.24, 2.45) is 112 Å². The maximum absolute atomic E-state index is 13.4. The fourth-order valence-corrected chi connectivity index (χ4v) is 15.9. The number of hydrogen-bond donors (Lipinski definition) is 0. The van der Waals surface area contributed by atoms with Gasteiger partial charge in [-0.15, -0.1) is 0 Å². The van der Waals surface area contributed by atoms with Gasteiger partial charge in [-0.3, -0.25) is 0 Å². The molecule has 8 rings (SSSR count). The van der Waals surface area contributed by atoms with Gasteiger partial charge in [-0.25, -0.2) is 0 Å². The van der Waals surface area contributed by atoms with Gasteiger partial charge in [0.2, 0.25) is 0 Å². The van der Waals surface area contributed by atoms with Crippen LogP contribution >= 0.6 is 0 Å². The quantitative estimate of drug-likeness (QED) is 0.129. The molecule has 0 nitrogen and oxygen atoms in total. The zero-order chi connectivity index (χ0) is 83.9. The van der Waals surface area contributed by atoms with Crippen molar-refractivity contribution in [2.45, 2.75) is 315 Å². The van der Waals surface area contributed by atoms with Crippen molar-refractivity contribution in [1.82, 2.24) is 0 Å². The summed E-state index contributed by atoms with van der Waals surface area (Å²) in [4.78, 5) is 0. The molecule has 8 aliphatic carbocycles. The van der Waals surface area contributed by atoms with E-state index < -0.39 is 194 Å². The van der Waals surface area contributed by atoms with E-state index >= 15 is 0 Å². The van der Waals surface area contributed by atoms with Gasteiger partial charge in [0.25, 0.3) is 0 Å². The molecule has 0 N–H and O–H groups in total. The number of halogens is 39. The largest absolute Gasteiger partial charge is 2.00 e. The standard InChI is InChI=1S/C13H14F12.C10H14F6.C8H10F6.2C8H13F3.3C7H11F3.16CH3.8Ru/c1-4-5(2)9(3,13(23,24)25)8(12(20,21)22)7(11(17,18)19)6(4)10(14,15)16;1-5-3-7(9(11,12)13)8(4-6(5)2)10(14,15)16;9-7(10,11)5-3-1-2-4-6(5)8(12,13)14;2*1-6-3-2-4-7(5-6)8(9,10)11;3*8-7(9,10)6-4-2-1-3-5-6;;;;;;;;;;;;;;;;;;;;;;;;/h4-8H,1-3H3;5-8H,3-4H2,1-2H3;5-6H,1-4H2;2*6-7H,2-5H2,1H3;3*6H,1-5H2;16*1H3;;;;;;;;/q;;;;;;;;16*-1;8*+2. The van der Waals surface area contributed by atoms with Crippen LogP contribution in [0.5, 0.6) is 0 Å². The Morgan fingerprint density at radius 2 is 0.382 bits per heavy atom. The molecule has 16 unspecified atom stereocenters. The van der Waals surface area contributed by atoms with Crippen molar-refractivity contribution in [1.29, 1.82) is 0 Å². The average molecular weight is 2700 g/mol. The summed E-state index contributed by atoms with van der Waals surface area (Å²) in [5.74, 6) is -30.8. The second-order valence-electron chi connectivity index (χ2n) is 30.5. The van der Waals surface area contributed by atoms with E-state index in [9.17, 15) is 171 Å². The minimum Gasteiger partial charge on any atom is -0.358 e. The zero-order valence-corrected chi connectivity index (χ0v) is 92.4. The SMILES string of the molecule is CC1C(C(F)(F)F)C(C(F)(F)F)C(C(F)(F)F)C(C)(C(F)(F)F)C1C.CC1CC(C(F)(F)F)C(C(F)(F)F)CC1C.CC1CCCC(C(F)(F)F)C1.CC1CCCC(C(F)(F)F)C1.FC(F)(F)C1CCCCC1.FC(F)(F)C1CCCCC1.FC(F)(F)C1CCCCC1.FC(F)(F)C1CCCCC1C(F)(F)F.[CH3-].[CH3-].[CH3-].[CH3-].[CH3-].[CH3-].[CH3-].[CH3-].[CH3-].[CH3-].[CH3-].[CH3-].[CH3-].[CH3-].[CH3-].[CH3-].[Ru+2].[Ru+2].[Ru+2].[Ru+2].[Ru+2].[Ru+2].[Ru+2].[Ru+2]. The third kappa shape index (κ3) is 67.6. The van der Waals surface area contributed by atoms with Gasteiger partial charge in [-0.1, -0.05) is 145 Å². The van der Waals surface area contributed by atoms with Crippen LogP contribution in [0.1, 0.15) is 235 Å². The third-order valence-electron chi connectivity index (χ3n) is 22.6. The molecule has 8 aliphatic rings. The Morgan fingerprint density at radius 3 is 0.527 bits per heavy atom. The van der Waals surface area contributed by atoms with Crippen LogP contribution in [0, 0.1) is 231 Å². The minimum absolute atomic E-state index is 0. The number of alkyl halides is 39. The first-order valence-electron chi connectivity index (χ1n) is 35.6. The predicted molar refractivity (Wildman–Crippen MR) is 420 cm³/mol. The second kappa shape index (κ2) is 79.5. The number of rotatable bonds is 0. The summed E-state index contributed by atoms with van der Waals surface area (Å²) < 4.78 is 487. The summed E-state index contributed by atoms with van der Waals surface area (Å²) >= 11 is 0. The van der Waals surface area contributed by atoms with E-state index in [2.05, 4.69) is 0 Å². The van der Waals surface area contributed by atoms with Crippen LogP contribution < -0.4 is 0 Å². The molecule has 8 saturated carbocycles. The van der Waals surface area contributed by atoms with Gasteiger partial charge in [0, 0.05) is 0 Å². The van der Waals surface area contributed by atoms with Crippen molar-refractivity contribution in [3.8, 4) is 0 Å². The summed E-state index contributed by atoms with van der Waals surface area (Å²) in [6.07, 6.45) is -49.3. The van der Waals surface area contributed by atoms with Crippen molar-refractivity contribution < 1.29 is 327 Å². The second-order valence-corrected chi connectivity index (χ2v) is 30.5. The summed E-state index contributed by atoms with van der Waals surface area (Å²) in [6.45, 7) is 7.82. The molecule has 0 heterocycles. The molecular weight excluding hydrogens is 2560 g/mol. The first-order chi connectivity index (χ1) is 47.8. The fourth-order valence-electron chi connectivity index (χ4n) is 15.9. The smallest absolute Gasteiger partial charge is 0.358 e. The zero-order valence-electron chi connectivity index (χ0n) is 78.5. The molecule has 0 aromatic carbocycles. The van der Waals surface area contributed by atoms with Gasteiger partial charge >= 0.3 is 236 Å². The maximum Gasteiger partial charge on any atom is 2.00 e. The van der Waals surface area contributed by atoms with Crippen molar-refractivity contribution >= 4 is 0 Å². The van der Waals surface area contributed by atoms with Crippen LogP contribution in [0.3, 0.4) is 0 Å². The summed E-state index contributed by atoms with van der Waals surface area (Å²) in [6, 6.07) is 0. The van der Waals surface area contributed by atoms with Crippen molar-refractivity contribution in [2.75, 3.05) is 0 Å². The molecule has 0 bridgehead atoms. The van der Waals surface area contributed by atoms with E-state index in [0.29, 0.717) is 78.1 Å². The molecule has 8 fully saturated rings. The molecule has 0 radical (unpaired) electrons. The van der Waals surface area contributed by atoms with Crippen LogP contribution in [0.2, 0.25) is 0 Å². The van der Waals surface area contributed by atoms with E-state index in [0.717, 1.165) is 83.5 Å². The summed E-state index contributed by atoms with van der Waals surface area (Å²) in [5, 5.41) is 0. The van der Waals surface area contributed by atoms with E-state index in [1.807, 2.05) is 13.8 Å². The molecule has 0 amide bonds. The fraction of sp³-hybridized carbons (Fsp3) is 0.810. The topological polar surface area (TPSA) is 0 Å². The Balaban J connectivity index is -0.0000000450. The first kappa shape index (κ1) is 195. The van der Waals surface area contributed by atoms with Gasteiger partial charge in [0.05, 0.1) is 76.4 Å². The van der Waals surface area contributed by atoms with E-state index in [-0.39, 0.29) is 318 Å². The first-order valence-corrected chi connectivity index (χ1v) is 35.6. The van der Waals surface area contributed by atoms with Crippen molar-refractivity contribution in [3.05, 3.63) is 119 Å². The van der Waals surface area contributed by atoms with E-state index in [4.69, 9.17) is 0 Å². The van der Waals surface area contributed by atoms with Crippen LogP contribution in [-0.2, 0) is 156 Å². The van der Waals surface area contributed by atoms with Crippen LogP contribution in [0.15, 0.2) is 0 Å². The van der Waals surface area contributed by atoms with E-state index in [1.54, 1.807) is 13.8 Å². The van der Waals surface area contributed by atoms with Gasteiger partial charge in [-0.2, -0.15) is 171 Å². The Hall–Kier alpha value is 2.26. The van der Waals surface area contributed by atoms with Gasteiger partial charge in [0.1, 0.15) is 0 Å². The Bertz CT molecular complexity index is 2330. The van der Waals surface area contributed by atoms with Crippen molar-refractivity contribution in [3.63, 3.8) is 0 Å². The molecule has 16 atom stereocenters. The predicted octanol–water partition coefficient (Wildman–Crippen LogP) is 38.0. The molecule has 47 heteroatoms. The van der Waals surface area contributed by atoms with Crippen LogP contribution in [-0.4, -0.2) is 80.3 Å². The third-order valence-corrected chi connectivity index (χ3v) is 22.6. The average Bonchev–Trinajstić information content (AvgIpc) is 0.696. The Kier molecular flexibility index (Phi) is 119. The molecule has 0 aliphatic heterocycles. The Morgan fingerprint density at radius 1 is 0.191 bits per heavy atom. The monoisotopic (exact) mass is 2710 g/mol. The summed E-state index contributed by atoms with van der Waals surface area (Å²) in [7, 11) is 0. The molecule has 0 spiro atoms. The molecular formula is C84H145F39Ru8. The number of hydrogen-bond acceptors (Lipinski definition) is 0.